The van der Waals surface area contributed by atoms with E-state index in [0.29, 0.717) is 23.7 Å². The van der Waals surface area contributed by atoms with Crippen LogP contribution < -0.4 is 5.32 Å². The van der Waals surface area contributed by atoms with Crippen molar-refractivity contribution in [2.24, 2.45) is 0 Å². The van der Waals surface area contributed by atoms with Crippen LogP contribution in [0, 0.1) is 0 Å². The standard InChI is InChI=1S/C14H22N2O2S2/c1-2-8-15-13-6-3-4-7-14(13)20(17,18)16-9-5-11-19-12-10-16/h3-4,6-7,15H,2,5,8-12H2,1H3. The van der Waals surface area contributed by atoms with Crippen LogP contribution in [0.3, 0.4) is 0 Å². The quantitative estimate of drug-likeness (QED) is 0.908. The smallest absolute Gasteiger partial charge is 0.245 e. The van der Waals surface area contributed by atoms with E-state index in [4.69, 9.17) is 0 Å². The minimum atomic E-state index is -3.39. The van der Waals surface area contributed by atoms with E-state index in [1.165, 1.54) is 0 Å². The Morgan fingerprint density at radius 1 is 1.25 bits per heavy atom. The second kappa shape index (κ2) is 7.33. The summed E-state index contributed by atoms with van der Waals surface area (Å²) in [5, 5.41) is 3.21. The zero-order valence-corrected chi connectivity index (χ0v) is 13.5. The highest BCUT2D eigenvalue weighted by molar-refractivity contribution is 7.99. The first kappa shape index (κ1) is 15.7. The average Bonchev–Trinajstić information content (AvgIpc) is 2.75. The number of thioether (sulfide) groups is 1. The van der Waals surface area contributed by atoms with E-state index < -0.39 is 10.0 Å². The minimum Gasteiger partial charge on any atom is -0.384 e. The van der Waals surface area contributed by atoms with Crippen molar-refractivity contribution in [3.05, 3.63) is 24.3 Å². The number of hydrogen-bond donors (Lipinski definition) is 1. The summed E-state index contributed by atoms with van der Waals surface area (Å²) in [4.78, 5) is 0.403. The van der Waals surface area contributed by atoms with Crippen LogP contribution >= 0.6 is 11.8 Å². The Morgan fingerprint density at radius 2 is 2.05 bits per heavy atom. The largest absolute Gasteiger partial charge is 0.384 e. The first-order chi connectivity index (χ1) is 9.66. The molecule has 112 valence electrons. The molecule has 1 aliphatic rings. The van der Waals surface area contributed by atoms with Crippen molar-refractivity contribution in [3.63, 3.8) is 0 Å². The summed E-state index contributed by atoms with van der Waals surface area (Å²) < 4.78 is 27.2. The lowest BCUT2D eigenvalue weighted by Crippen LogP contribution is -2.33. The fourth-order valence-corrected chi connectivity index (χ4v) is 4.85. The summed E-state index contributed by atoms with van der Waals surface area (Å²) in [5.74, 6) is 1.92. The Kier molecular flexibility index (Phi) is 5.74. The molecular formula is C14H22N2O2S2. The van der Waals surface area contributed by atoms with Gasteiger partial charge in [0.1, 0.15) is 4.90 Å². The third-order valence-corrected chi connectivity index (χ3v) is 6.26. The molecule has 20 heavy (non-hydrogen) atoms. The molecule has 4 nitrogen and oxygen atoms in total. The van der Waals surface area contributed by atoms with Gasteiger partial charge in [-0.25, -0.2) is 8.42 Å². The Labute approximate surface area is 126 Å². The van der Waals surface area contributed by atoms with Crippen LogP contribution in [-0.2, 0) is 10.0 Å². The summed E-state index contributed by atoms with van der Waals surface area (Å²) in [5.41, 5.74) is 0.714. The number of hydrogen-bond acceptors (Lipinski definition) is 4. The maximum Gasteiger partial charge on any atom is 0.245 e. The fourth-order valence-electron chi connectivity index (χ4n) is 2.20. The van der Waals surface area contributed by atoms with Gasteiger partial charge < -0.3 is 5.32 Å². The summed E-state index contributed by atoms with van der Waals surface area (Å²) in [6, 6.07) is 7.20. The maximum absolute atomic E-state index is 12.8. The Morgan fingerprint density at radius 3 is 2.85 bits per heavy atom. The van der Waals surface area contributed by atoms with Crippen LogP contribution in [0.15, 0.2) is 29.2 Å². The summed E-state index contributed by atoms with van der Waals surface area (Å²) in [7, 11) is -3.39. The zero-order valence-electron chi connectivity index (χ0n) is 11.8. The fraction of sp³-hybridized carbons (Fsp3) is 0.571. The Bertz CT molecular complexity index is 524. The lowest BCUT2D eigenvalue weighted by Gasteiger charge is -2.21. The zero-order chi connectivity index (χ0) is 14.4. The average molecular weight is 314 g/mol. The van der Waals surface area contributed by atoms with E-state index in [0.717, 1.165) is 30.9 Å². The molecule has 0 aromatic heterocycles. The second-order valence-electron chi connectivity index (χ2n) is 4.79. The van der Waals surface area contributed by atoms with Gasteiger partial charge in [0.05, 0.1) is 5.69 Å². The number of nitrogens with zero attached hydrogens (tertiary/aromatic N) is 1. The molecule has 0 saturated carbocycles. The predicted octanol–water partition coefficient (Wildman–Crippen LogP) is 2.64. The summed E-state index contributed by atoms with van der Waals surface area (Å²) in [6.07, 6.45) is 1.89. The van der Waals surface area contributed by atoms with Gasteiger partial charge in [-0.1, -0.05) is 19.1 Å². The van der Waals surface area contributed by atoms with E-state index in [1.54, 1.807) is 16.4 Å². The molecule has 1 fully saturated rings. The van der Waals surface area contributed by atoms with Crippen LogP contribution in [0.25, 0.3) is 0 Å². The lowest BCUT2D eigenvalue weighted by molar-refractivity contribution is 0.435. The number of sulfonamides is 1. The van der Waals surface area contributed by atoms with Gasteiger partial charge in [-0.15, -0.1) is 0 Å². The summed E-state index contributed by atoms with van der Waals surface area (Å²) >= 11 is 1.83. The van der Waals surface area contributed by atoms with Crippen molar-refractivity contribution in [3.8, 4) is 0 Å². The van der Waals surface area contributed by atoms with Gasteiger partial charge in [-0.2, -0.15) is 16.1 Å². The maximum atomic E-state index is 12.8. The number of nitrogens with one attached hydrogen (secondary N) is 1. The molecule has 0 spiro atoms. The Balaban J connectivity index is 2.28. The third kappa shape index (κ3) is 3.68. The molecule has 6 heteroatoms. The van der Waals surface area contributed by atoms with E-state index in [-0.39, 0.29) is 0 Å². The molecule has 0 aliphatic carbocycles. The first-order valence-corrected chi connectivity index (χ1v) is 9.66. The summed E-state index contributed by atoms with van der Waals surface area (Å²) in [6.45, 7) is 4.07. The SMILES string of the molecule is CCCNc1ccccc1S(=O)(=O)N1CCCSCC1. The number of rotatable bonds is 5. The van der Waals surface area contributed by atoms with Crippen LogP contribution in [0.5, 0.6) is 0 Å². The van der Waals surface area contributed by atoms with Gasteiger partial charge in [0.2, 0.25) is 10.0 Å². The highest BCUT2D eigenvalue weighted by Gasteiger charge is 2.27. The van der Waals surface area contributed by atoms with Crippen molar-refractivity contribution in [1.29, 1.82) is 0 Å². The number of benzene rings is 1. The van der Waals surface area contributed by atoms with Crippen molar-refractivity contribution in [2.75, 3.05) is 36.5 Å². The van der Waals surface area contributed by atoms with E-state index >= 15 is 0 Å². The van der Waals surface area contributed by atoms with E-state index in [9.17, 15) is 8.42 Å². The first-order valence-electron chi connectivity index (χ1n) is 7.07. The van der Waals surface area contributed by atoms with Gasteiger partial charge in [-0.05, 0) is 30.7 Å². The van der Waals surface area contributed by atoms with Crippen molar-refractivity contribution >= 4 is 27.5 Å². The van der Waals surface area contributed by atoms with Crippen molar-refractivity contribution in [1.82, 2.24) is 4.31 Å². The monoisotopic (exact) mass is 314 g/mol. The van der Waals surface area contributed by atoms with Gasteiger partial charge in [0.25, 0.3) is 0 Å². The Hall–Kier alpha value is -0.720. The minimum absolute atomic E-state index is 0.403. The van der Waals surface area contributed by atoms with Crippen LogP contribution in [-0.4, -0.2) is 43.9 Å². The van der Waals surface area contributed by atoms with Crippen molar-refractivity contribution < 1.29 is 8.42 Å². The molecule has 1 aromatic carbocycles. The van der Waals surface area contributed by atoms with Gasteiger partial charge in [-0.3, -0.25) is 0 Å². The van der Waals surface area contributed by atoms with Crippen LogP contribution in [0.4, 0.5) is 5.69 Å². The molecule has 1 aliphatic heterocycles. The second-order valence-corrected chi connectivity index (χ2v) is 7.92. The number of para-hydroxylation sites is 1. The molecule has 1 N–H and O–H groups in total. The van der Waals surface area contributed by atoms with E-state index in [1.807, 2.05) is 23.9 Å². The number of anilines is 1. The predicted molar refractivity (Wildman–Crippen MR) is 85.9 cm³/mol. The molecule has 0 amide bonds. The van der Waals surface area contributed by atoms with Crippen molar-refractivity contribution in [2.45, 2.75) is 24.7 Å². The van der Waals surface area contributed by atoms with Crippen LogP contribution in [0.1, 0.15) is 19.8 Å². The van der Waals surface area contributed by atoms with Gasteiger partial charge >= 0.3 is 0 Å². The lowest BCUT2D eigenvalue weighted by atomic mass is 10.3. The topological polar surface area (TPSA) is 49.4 Å². The molecule has 0 bridgehead atoms. The third-order valence-electron chi connectivity index (χ3n) is 3.25. The highest BCUT2D eigenvalue weighted by atomic mass is 32.2. The molecule has 1 saturated heterocycles. The van der Waals surface area contributed by atoms with Gasteiger partial charge in [0.15, 0.2) is 0 Å². The van der Waals surface area contributed by atoms with Gasteiger partial charge in [0, 0.05) is 25.4 Å². The molecule has 0 atom stereocenters. The molecular weight excluding hydrogens is 292 g/mol. The molecule has 0 unspecified atom stereocenters. The van der Waals surface area contributed by atoms with E-state index in [2.05, 4.69) is 12.2 Å². The normalized spacial score (nSPS) is 17.6. The molecule has 0 radical (unpaired) electrons. The van der Waals surface area contributed by atoms with Crippen LogP contribution in [0.2, 0.25) is 0 Å². The molecule has 2 rings (SSSR count). The molecule has 1 heterocycles. The highest BCUT2D eigenvalue weighted by Crippen LogP contribution is 2.26. The molecule has 1 aromatic rings.